The Kier molecular flexibility index (Phi) is 4.65. The van der Waals surface area contributed by atoms with Gasteiger partial charge in [-0.05, 0) is 37.1 Å². The van der Waals surface area contributed by atoms with E-state index < -0.39 is 5.54 Å². The number of benzene rings is 2. The molecule has 5 rings (SSSR count). The number of ether oxygens (including phenoxy) is 2. The van der Waals surface area contributed by atoms with Gasteiger partial charge in [0.15, 0.2) is 17.0 Å². The van der Waals surface area contributed by atoms with Crippen LogP contribution in [0.4, 0.5) is 0 Å². The summed E-state index contributed by atoms with van der Waals surface area (Å²) in [5, 5.41) is 6.73. The van der Waals surface area contributed by atoms with Gasteiger partial charge in [0.25, 0.3) is 5.91 Å². The molecule has 2 aromatic carbocycles. The molecule has 164 valence electrons. The molecular formula is C24H24N4O4. The number of amides is 2. The highest BCUT2D eigenvalue weighted by atomic mass is 16.5. The number of aromatic amines is 1. The first-order valence-electron chi connectivity index (χ1n) is 10.5. The number of methoxy groups -OCH3 is 2. The molecule has 0 saturated carbocycles. The maximum absolute atomic E-state index is 13.7. The number of nitrogens with zero attached hydrogens (tertiary/aromatic N) is 3. The molecular weight excluding hydrogens is 408 g/mol. The van der Waals surface area contributed by atoms with E-state index in [9.17, 15) is 9.59 Å². The first-order valence-corrected chi connectivity index (χ1v) is 10.5. The van der Waals surface area contributed by atoms with Crippen molar-refractivity contribution in [2.75, 3.05) is 27.3 Å². The average Bonchev–Trinajstić information content (AvgIpc) is 3.20. The van der Waals surface area contributed by atoms with Crippen LogP contribution in [0.3, 0.4) is 0 Å². The van der Waals surface area contributed by atoms with Crippen molar-refractivity contribution in [3.05, 3.63) is 59.3 Å². The zero-order valence-electron chi connectivity index (χ0n) is 18.2. The van der Waals surface area contributed by atoms with E-state index in [2.05, 4.69) is 10.1 Å². The van der Waals surface area contributed by atoms with Crippen LogP contribution in [0.2, 0.25) is 0 Å². The summed E-state index contributed by atoms with van der Waals surface area (Å²) in [5.41, 5.74) is 2.32. The lowest BCUT2D eigenvalue weighted by Gasteiger charge is -2.48. The molecule has 0 aliphatic carbocycles. The zero-order valence-corrected chi connectivity index (χ0v) is 18.2. The van der Waals surface area contributed by atoms with Gasteiger partial charge in [-0.3, -0.25) is 9.59 Å². The quantitative estimate of drug-likeness (QED) is 0.642. The Hall–Kier alpha value is -3.81. The van der Waals surface area contributed by atoms with Gasteiger partial charge in [-0.15, -0.1) is 0 Å². The molecule has 1 atom stereocenters. The number of hydrazone groups is 1. The molecule has 1 saturated heterocycles. The highest BCUT2D eigenvalue weighted by Gasteiger charge is 2.54. The summed E-state index contributed by atoms with van der Waals surface area (Å²) in [4.78, 5) is 31.8. The predicted octanol–water partition coefficient (Wildman–Crippen LogP) is 2.66. The van der Waals surface area contributed by atoms with E-state index in [1.165, 1.54) is 11.2 Å². The fourth-order valence-corrected chi connectivity index (χ4v) is 4.83. The van der Waals surface area contributed by atoms with Gasteiger partial charge >= 0.3 is 0 Å². The molecule has 1 fully saturated rings. The van der Waals surface area contributed by atoms with Crippen LogP contribution < -0.4 is 9.47 Å². The molecule has 8 nitrogen and oxygen atoms in total. The Morgan fingerprint density at radius 3 is 2.69 bits per heavy atom. The summed E-state index contributed by atoms with van der Waals surface area (Å²) < 4.78 is 10.8. The number of hydrogen-bond acceptors (Lipinski definition) is 5. The molecule has 3 aromatic rings. The number of rotatable bonds is 4. The summed E-state index contributed by atoms with van der Waals surface area (Å²) in [7, 11) is 3.10. The largest absolute Gasteiger partial charge is 0.493 e. The van der Waals surface area contributed by atoms with E-state index in [0.717, 1.165) is 22.2 Å². The van der Waals surface area contributed by atoms with Gasteiger partial charge in [-0.25, -0.2) is 5.01 Å². The molecule has 1 N–H and O–H groups in total. The summed E-state index contributed by atoms with van der Waals surface area (Å²) in [6.45, 7) is 2.19. The number of piperazine rings is 1. The van der Waals surface area contributed by atoms with E-state index in [4.69, 9.17) is 9.47 Å². The molecule has 0 spiro atoms. The minimum Gasteiger partial charge on any atom is -0.493 e. The van der Waals surface area contributed by atoms with Crippen molar-refractivity contribution in [3.63, 3.8) is 0 Å². The molecule has 8 heteroatoms. The molecule has 0 radical (unpaired) electrons. The van der Waals surface area contributed by atoms with Gasteiger partial charge in [0.1, 0.15) is 6.54 Å². The Balaban J connectivity index is 1.55. The van der Waals surface area contributed by atoms with Crippen molar-refractivity contribution in [2.45, 2.75) is 18.9 Å². The molecule has 2 amide bonds. The van der Waals surface area contributed by atoms with Gasteiger partial charge < -0.3 is 19.4 Å². The van der Waals surface area contributed by atoms with E-state index >= 15 is 0 Å². The SMILES string of the molecule is COc1cccc(/C=N/N2CC(=O)N3CCc4c([nH]c5ccccc45)[C@]3(C)C2=O)c1OC. The number of carbonyl (C=O) groups excluding carboxylic acids is 2. The molecule has 2 aliphatic heterocycles. The lowest BCUT2D eigenvalue weighted by atomic mass is 9.83. The van der Waals surface area contributed by atoms with Gasteiger partial charge in [0.05, 0.1) is 26.1 Å². The number of nitrogens with one attached hydrogen (secondary N) is 1. The van der Waals surface area contributed by atoms with Crippen LogP contribution in [0.5, 0.6) is 11.5 Å². The predicted molar refractivity (Wildman–Crippen MR) is 120 cm³/mol. The van der Waals surface area contributed by atoms with Crippen LogP contribution in [0.25, 0.3) is 10.9 Å². The Morgan fingerprint density at radius 1 is 1.09 bits per heavy atom. The normalized spacial score (nSPS) is 20.6. The molecule has 32 heavy (non-hydrogen) atoms. The number of hydrogen-bond donors (Lipinski definition) is 1. The zero-order chi connectivity index (χ0) is 22.5. The number of fused-ring (bicyclic) bond motifs is 5. The van der Waals surface area contributed by atoms with Crippen LogP contribution in [0.15, 0.2) is 47.6 Å². The number of aromatic nitrogens is 1. The topological polar surface area (TPSA) is 87.2 Å². The molecule has 3 heterocycles. The van der Waals surface area contributed by atoms with Gasteiger partial charge in [-0.2, -0.15) is 5.10 Å². The Labute approximate surface area is 185 Å². The van der Waals surface area contributed by atoms with E-state index in [-0.39, 0.29) is 18.4 Å². The van der Waals surface area contributed by atoms with Crippen molar-refractivity contribution in [1.82, 2.24) is 14.9 Å². The van der Waals surface area contributed by atoms with E-state index in [1.54, 1.807) is 32.1 Å². The van der Waals surface area contributed by atoms with Crippen LogP contribution in [0, 0.1) is 0 Å². The van der Waals surface area contributed by atoms with Crippen molar-refractivity contribution in [3.8, 4) is 11.5 Å². The van der Waals surface area contributed by atoms with Crippen LogP contribution in [-0.4, -0.2) is 60.2 Å². The van der Waals surface area contributed by atoms with Crippen molar-refractivity contribution in [1.29, 1.82) is 0 Å². The second-order valence-electron chi connectivity index (χ2n) is 8.08. The maximum Gasteiger partial charge on any atom is 0.275 e. The smallest absolute Gasteiger partial charge is 0.275 e. The monoisotopic (exact) mass is 432 g/mol. The second-order valence-corrected chi connectivity index (χ2v) is 8.08. The standard InChI is InChI=1S/C24H24N4O4/c1-24-22-17(16-8-4-5-9-18(16)26-22)11-12-27(24)20(29)14-28(23(24)30)25-13-15-7-6-10-19(31-2)21(15)32-3/h4-10,13,26H,11-12,14H2,1-3H3/b25-13+/t24-/m1/s1. The Morgan fingerprint density at radius 2 is 1.91 bits per heavy atom. The van der Waals surface area contributed by atoms with Gasteiger partial charge in [0, 0.05) is 23.0 Å². The van der Waals surface area contributed by atoms with E-state index in [1.807, 2.05) is 36.4 Å². The summed E-state index contributed by atoms with van der Waals surface area (Å²) in [5.74, 6) is 0.692. The maximum atomic E-state index is 13.7. The van der Waals surface area contributed by atoms with Crippen molar-refractivity contribution >= 4 is 28.9 Å². The highest BCUT2D eigenvalue weighted by Crippen LogP contribution is 2.42. The minimum absolute atomic E-state index is 0.104. The Bertz CT molecular complexity index is 1260. The lowest BCUT2D eigenvalue weighted by Crippen LogP contribution is -2.65. The number of carbonyl (C=O) groups is 2. The second kappa shape index (κ2) is 7.40. The number of para-hydroxylation sites is 2. The third-order valence-electron chi connectivity index (χ3n) is 6.43. The lowest BCUT2D eigenvalue weighted by molar-refractivity contribution is -0.165. The summed E-state index contributed by atoms with van der Waals surface area (Å²) in [6.07, 6.45) is 2.23. The first kappa shape index (κ1) is 20.1. The third kappa shape index (κ3) is 2.79. The molecule has 2 aliphatic rings. The van der Waals surface area contributed by atoms with Gasteiger partial charge in [-0.1, -0.05) is 24.3 Å². The average molecular weight is 432 g/mol. The van der Waals surface area contributed by atoms with Gasteiger partial charge in [0.2, 0.25) is 5.91 Å². The van der Waals surface area contributed by atoms with Crippen LogP contribution in [0.1, 0.15) is 23.7 Å². The van der Waals surface area contributed by atoms with Crippen molar-refractivity contribution < 1.29 is 19.1 Å². The van der Waals surface area contributed by atoms with Crippen molar-refractivity contribution in [2.24, 2.45) is 5.10 Å². The fraction of sp³-hybridized carbons (Fsp3) is 0.292. The highest BCUT2D eigenvalue weighted by molar-refractivity contribution is 6.01. The molecule has 1 aromatic heterocycles. The summed E-state index contributed by atoms with van der Waals surface area (Å²) in [6, 6.07) is 13.4. The third-order valence-corrected chi connectivity index (χ3v) is 6.43. The van der Waals surface area contributed by atoms with Crippen LogP contribution >= 0.6 is 0 Å². The first-order chi connectivity index (χ1) is 15.5. The number of H-pyrrole nitrogens is 1. The van der Waals surface area contributed by atoms with E-state index in [0.29, 0.717) is 30.0 Å². The fourth-order valence-electron chi connectivity index (χ4n) is 4.83. The summed E-state index contributed by atoms with van der Waals surface area (Å²) >= 11 is 0. The molecule has 0 unspecified atom stereocenters. The minimum atomic E-state index is -1.14. The van der Waals surface area contributed by atoms with Crippen LogP contribution in [-0.2, 0) is 21.5 Å². The molecule has 0 bridgehead atoms.